The summed E-state index contributed by atoms with van der Waals surface area (Å²) in [7, 11) is 0. The second-order valence-electron chi connectivity index (χ2n) is 5.69. The molecule has 0 saturated carbocycles. The molecule has 0 spiro atoms. The maximum Gasteiger partial charge on any atom is 0.126 e. The molecular formula is C17H24FN3. The molecule has 0 aliphatic carbocycles. The summed E-state index contributed by atoms with van der Waals surface area (Å²) in [4.78, 5) is 0. The van der Waals surface area contributed by atoms with Gasteiger partial charge in [-0.1, -0.05) is 32.0 Å². The summed E-state index contributed by atoms with van der Waals surface area (Å²) >= 11 is 0. The lowest BCUT2D eigenvalue weighted by atomic mass is 9.92. The minimum Gasteiger partial charge on any atom is -0.314 e. The van der Waals surface area contributed by atoms with Crippen molar-refractivity contribution in [1.29, 1.82) is 0 Å². The Balaban J connectivity index is 2.17. The summed E-state index contributed by atoms with van der Waals surface area (Å²) in [6.45, 7) is 7.89. The van der Waals surface area contributed by atoms with Gasteiger partial charge in [-0.3, -0.25) is 4.68 Å². The summed E-state index contributed by atoms with van der Waals surface area (Å²) in [5.74, 6) is -0.0148. The predicted molar refractivity (Wildman–Crippen MR) is 83.9 cm³/mol. The molecule has 0 aliphatic heterocycles. The molecule has 2 rings (SSSR count). The van der Waals surface area contributed by atoms with E-state index < -0.39 is 0 Å². The molecule has 0 radical (unpaired) electrons. The van der Waals surface area contributed by atoms with E-state index in [1.165, 1.54) is 6.07 Å². The van der Waals surface area contributed by atoms with Crippen molar-refractivity contribution in [2.75, 3.05) is 6.54 Å². The van der Waals surface area contributed by atoms with Crippen LogP contribution in [0.4, 0.5) is 4.39 Å². The van der Waals surface area contributed by atoms with Gasteiger partial charge in [-0.25, -0.2) is 4.39 Å². The number of nitrogens with zero attached hydrogens (tertiary/aromatic N) is 2. The molecule has 4 heteroatoms. The average Bonchev–Trinajstić information content (AvgIpc) is 2.92. The molecule has 2 aromatic rings. The third-order valence-electron chi connectivity index (χ3n) is 3.61. The number of halogens is 1. The van der Waals surface area contributed by atoms with Crippen LogP contribution in [0.1, 0.15) is 37.8 Å². The van der Waals surface area contributed by atoms with Gasteiger partial charge in [-0.05, 0) is 30.5 Å². The number of hydrogen-bond donors (Lipinski definition) is 1. The van der Waals surface area contributed by atoms with Gasteiger partial charge in [-0.15, -0.1) is 0 Å². The van der Waals surface area contributed by atoms with Crippen LogP contribution >= 0.6 is 0 Å². The first-order valence-electron chi connectivity index (χ1n) is 7.59. The highest BCUT2D eigenvalue weighted by atomic mass is 19.1. The smallest absolute Gasteiger partial charge is 0.126 e. The Morgan fingerprint density at radius 1 is 1.29 bits per heavy atom. The Kier molecular flexibility index (Phi) is 5.51. The van der Waals surface area contributed by atoms with Gasteiger partial charge in [0.25, 0.3) is 0 Å². The molecule has 1 unspecified atom stereocenters. The summed E-state index contributed by atoms with van der Waals surface area (Å²) in [6.07, 6.45) is 4.72. The minimum absolute atomic E-state index is 0.114. The Morgan fingerprint density at radius 2 is 2.05 bits per heavy atom. The number of aromatic nitrogens is 2. The van der Waals surface area contributed by atoms with Crippen molar-refractivity contribution in [2.24, 2.45) is 0 Å². The lowest BCUT2D eigenvalue weighted by Gasteiger charge is -2.19. The summed E-state index contributed by atoms with van der Waals surface area (Å²) in [5, 5.41) is 7.72. The normalized spacial score (nSPS) is 12.8. The van der Waals surface area contributed by atoms with Gasteiger partial charge in [0.2, 0.25) is 0 Å². The molecule has 0 bridgehead atoms. The monoisotopic (exact) mass is 289 g/mol. The van der Waals surface area contributed by atoms with E-state index in [2.05, 4.69) is 31.2 Å². The van der Waals surface area contributed by atoms with Crippen LogP contribution in [-0.4, -0.2) is 22.4 Å². The highest BCUT2D eigenvalue weighted by Gasteiger charge is 2.17. The number of nitrogens with one attached hydrogen (secondary N) is 1. The highest BCUT2D eigenvalue weighted by molar-refractivity contribution is 5.24. The van der Waals surface area contributed by atoms with Gasteiger partial charge in [0.1, 0.15) is 5.82 Å². The zero-order chi connectivity index (χ0) is 15.2. The van der Waals surface area contributed by atoms with E-state index in [-0.39, 0.29) is 11.7 Å². The summed E-state index contributed by atoms with van der Waals surface area (Å²) in [5.41, 5.74) is 1.92. The quantitative estimate of drug-likeness (QED) is 0.847. The molecule has 0 saturated heterocycles. The van der Waals surface area contributed by atoms with Crippen molar-refractivity contribution in [3.63, 3.8) is 0 Å². The van der Waals surface area contributed by atoms with Crippen LogP contribution in [0.3, 0.4) is 0 Å². The van der Waals surface area contributed by atoms with Crippen LogP contribution < -0.4 is 5.32 Å². The number of rotatable bonds is 7. The average molecular weight is 289 g/mol. The molecular weight excluding hydrogens is 265 g/mol. The zero-order valence-corrected chi connectivity index (χ0v) is 13.0. The molecule has 21 heavy (non-hydrogen) atoms. The van der Waals surface area contributed by atoms with Crippen LogP contribution in [0, 0.1) is 5.82 Å². The largest absolute Gasteiger partial charge is 0.314 e. The minimum atomic E-state index is -0.129. The van der Waals surface area contributed by atoms with Crippen molar-refractivity contribution < 1.29 is 4.39 Å². The maximum absolute atomic E-state index is 14.1. The number of aryl methyl sites for hydroxylation is 1. The topological polar surface area (TPSA) is 29.9 Å². The van der Waals surface area contributed by atoms with Crippen LogP contribution in [0.5, 0.6) is 0 Å². The van der Waals surface area contributed by atoms with Crippen LogP contribution in [-0.2, 0) is 13.0 Å². The second kappa shape index (κ2) is 7.36. The third kappa shape index (κ3) is 4.39. The molecule has 0 aliphatic rings. The van der Waals surface area contributed by atoms with E-state index in [0.29, 0.717) is 6.04 Å². The van der Waals surface area contributed by atoms with E-state index in [4.69, 9.17) is 0 Å². The van der Waals surface area contributed by atoms with Crippen molar-refractivity contribution in [1.82, 2.24) is 15.1 Å². The van der Waals surface area contributed by atoms with Crippen LogP contribution in [0.15, 0.2) is 36.7 Å². The Morgan fingerprint density at radius 3 is 2.67 bits per heavy atom. The number of benzene rings is 1. The molecule has 1 aromatic carbocycles. The fraction of sp³-hybridized carbons (Fsp3) is 0.471. The van der Waals surface area contributed by atoms with Crippen molar-refractivity contribution in [2.45, 2.75) is 45.7 Å². The first-order chi connectivity index (χ1) is 10.1. The van der Waals surface area contributed by atoms with Crippen LogP contribution in [0.2, 0.25) is 0 Å². The van der Waals surface area contributed by atoms with E-state index in [1.54, 1.807) is 6.07 Å². The van der Waals surface area contributed by atoms with E-state index in [0.717, 1.165) is 30.6 Å². The van der Waals surface area contributed by atoms with E-state index in [1.807, 2.05) is 29.2 Å². The molecule has 1 N–H and O–H groups in total. The van der Waals surface area contributed by atoms with E-state index >= 15 is 0 Å². The molecule has 114 valence electrons. The van der Waals surface area contributed by atoms with Crippen molar-refractivity contribution in [3.05, 3.63) is 53.6 Å². The summed E-state index contributed by atoms with van der Waals surface area (Å²) in [6, 6.07) is 7.44. The maximum atomic E-state index is 14.1. The Bertz CT molecular complexity index is 563. The van der Waals surface area contributed by atoms with Crippen LogP contribution in [0.25, 0.3) is 0 Å². The van der Waals surface area contributed by atoms with Gasteiger partial charge in [-0.2, -0.15) is 5.10 Å². The number of hydrogen-bond acceptors (Lipinski definition) is 2. The molecule has 3 nitrogen and oxygen atoms in total. The first kappa shape index (κ1) is 15.7. The lowest BCUT2D eigenvalue weighted by molar-refractivity contribution is 0.505. The summed E-state index contributed by atoms with van der Waals surface area (Å²) < 4.78 is 16.0. The van der Waals surface area contributed by atoms with Gasteiger partial charge in [0.05, 0.1) is 6.20 Å². The van der Waals surface area contributed by atoms with Crippen molar-refractivity contribution >= 4 is 0 Å². The molecule has 1 aromatic heterocycles. The van der Waals surface area contributed by atoms with Gasteiger partial charge in [0.15, 0.2) is 0 Å². The Hall–Kier alpha value is -1.68. The standard InChI is InChI=1S/C17H24FN3/c1-4-21-12-14(10-20-21)9-15(11-19-13(2)3)16-7-5-6-8-17(16)18/h5-8,10,12-13,15,19H,4,9,11H2,1-3H3. The highest BCUT2D eigenvalue weighted by Crippen LogP contribution is 2.23. The Labute approximate surface area is 126 Å². The molecule has 0 fully saturated rings. The molecule has 1 heterocycles. The van der Waals surface area contributed by atoms with E-state index in [9.17, 15) is 4.39 Å². The zero-order valence-electron chi connectivity index (χ0n) is 13.0. The van der Waals surface area contributed by atoms with Gasteiger partial charge in [0, 0.05) is 31.2 Å². The molecule has 1 atom stereocenters. The fourth-order valence-electron chi connectivity index (χ4n) is 2.45. The fourth-order valence-corrected chi connectivity index (χ4v) is 2.45. The third-order valence-corrected chi connectivity index (χ3v) is 3.61. The second-order valence-corrected chi connectivity index (χ2v) is 5.69. The van der Waals surface area contributed by atoms with Crippen molar-refractivity contribution in [3.8, 4) is 0 Å². The van der Waals surface area contributed by atoms with Gasteiger partial charge < -0.3 is 5.32 Å². The van der Waals surface area contributed by atoms with Gasteiger partial charge >= 0.3 is 0 Å². The first-order valence-corrected chi connectivity index (χ1v) is 7.59. The SMILES string of the molecule is CCn1cc(CC(CNC(C)C)c2ccccc2F)cn1. The lowest BCUT2D eigenvalue weighted by Crippen LogP contribution is -2.29. The molecule has 0 amide bonds. The predicted octanol–water partition coefficient (Wildman–Crippen LogP) is 3.37.